The zero-order valence-electron chi connectivity index (χ0n) is 35.0. The van der Waals surface area contributed by atoms with Crippen LogP contribution in [0.4, 0.5) is 0 Å². The van der Waals surface area contributed by atoms with Crippen molar-refractivity contribution in [1.82, 2.24) is 0 Å². The molecule has 4 heteroatoms. The molecule has 0 unspecified atom stereocenters. The molecule has 0 amide bonds. The molecule has 0 saturated carbocycles. The average molecular weight is 795 g/mol. The fraction of sp³-hybridized carbons (Fsp3) is 0.185. The molecule has 0 bridgehead atoms. The van der Waals surface area contributed by atoms with Gasteiger partial charge in [0.05, 0.1) is 0 Å². The van der Waals surface area contributed by atoms with Crippen molar-refractivity contribution >= 4 is 57.0 Å². The molecule has 0 aliphatic heterocycles. The third-order valence-corrected chi connectivity index (χ3v) is 17.5. The number of benzene rings is 8. The second kappa shape index (κ2) is 15.5. The first-order valence-corrected chi connectivity index (χ1v) is 24.0. The van der Waals surface area contributed by atoms with Crippen LogP contribution in [0.25, 0.3) is 32.7 Å². The Hall–Kier alpha value is -5.26. The molecule has 0 heterocycles. The molecule has 8 rings (SSSR count). The number of rotatable bonds is 9. The van der Waals surface area contributed by atoms with E-state index >= 15 is 9.13 Å². The summed E-state index contributed by atoms with van der Waals surface area (Å²) in [6, 6.07) is 51.5. The zero-order chi connectivity index (χ0) is 40.9. The Morgan fingerprint density at radius 1 is 0.328 bits per heavy atom. The van der Waals surface area contributed by atoms with Crippen molar-refractivity contribution in [3.63, 3.8) is 0 Å². The molecule has 0 aliphatic carbocycles. The highest BCUT2D eigenvalue weighted by atomic mass is 31.2. The van der Waals surface area contributed by atoms with Gasteiger partial charge in [-0.25, -0.2) is 0 Å². The minimum Gasteiger partial charge on any atom is -0.313 e. The summed E-state index contributed by atoms with van der Waals surface area (Å²) < 4.78 is 32.7. The Morgan fingerprint density at radius 3 is 0.862 bits per heavy atom. The Kier molecular flexibility index (Phi) is 10.6. The summed E-state index contributed by atoms with van der Waals surface area (Å²) in [7, 11) is -6.54. The molecule has 8 aromatic rings. The van der Waals surface area contributed by atoms with Gasteiger partial charge in [0.15, 0.2) is 0 Å². The van der Waals surface area contributed by atoms with Gasteiger partial charge in [0.2, 0.25) is 0 Å². The van der Waals surface area contributed by atoms with Crippen LogP contribution in [0.1, 0.15) is 55.6 Å². The number of hydrogen-bond acceptors (Lipinski definition) is 2. The Labute approximate surface area is 344 Å². The van der Waals surface area contributed by atoms with E-state index in [0.29, 0.717) is 12.3 Å². The Balaban J connectivity index is 1.44. The van der Waals surface area contributed by atoms with Crippen molar-refractivity contribution in [1.29, 1.82) is 0 Å². The largest absolute Gasteiger partial charge is 0.313 e. The first-order valence-electron chi connectivity index (χ1n) is 20.3. The van der Waals surface area contributed by atoms with E-state index in [4.69, 9.17) is 0 Å². The molecule has 0 aromatic heterocycles. The van der Waals surface area contributed by atoms with Crippen LogP contribution in [-0.2, 0) is 21.5 Å². The van der Waals surface area contributed by atoms with E-state index in [9.17, 15) is 0 Å². The van der Waals surface area contributed by atoms with Crippen molar-refractivity contribution in [2.75, 3.05) is 0 Å². The molecule has 0 spiro atoms. The van der Waals surface area contributed by atoms with Crippen LogP contribution in [0.2, 0.25) is 0 Å². The summed E-state index contributed by atoms with van der Waals surface area (Å²) in [5, 5.41) is 7.92. The van der Waals surface area contributed by atoms with Crippen LogP contribution in [0.15, 0.2) is 146 Å². The van der Waals surface area contributed by atoms with Gasteiger partial charge in [-0.3, -0.25) is 0 Å². The second-order valence-electron chi connectivity index (χ2n) is 16.8. The molecule has 0 saturated heterocycles. The molecule has 8 aromatic carbocycles. The van der Waals surface area contributed by atoms with E-state index < -0.39 is 14.3 Å². The molecule has 0 aliphatic rings. The van der Waals surface area contributed by atoms with Gasteiger partial charge < -0.3 is 9.13 Å². The number of aryl methyl sites for hydroxylation is 8. The van der Waals surface area contributed by atoms with Crippen molar-refractivity contribution in [2.45, 2.75) is 67.7 Å². The van der Waals surface area contributed by atoms with Crippen LogP contribution < -0.4 is 21.2 Å². The number of hydrogen-bond donors (Lipinski definition) is 0. The second-order valence-corrected chi connectivity index (χ2v) is 22.5. The third kappa shape index (κ3) is 7.57. The van der Waals surface area contributed by atoms with Gasteiger partial charge in [-0.05, 0) is 148 Å². The summed E-state index contributed by atoms with van der Waals surface area (Å²) in [5.41, 5.74) is 13.0. The molecule has 0 radical (unpaired) electrons. The molecule has 0 fully saturated rings. The topological polar surface area (TPSA) is 34.1 Å². The van der Waals surface area contributed by atoms with Gasteiger partial charge in [0.1, 0.15) is 14.3 Å². The molecular formula is C54H52O2P2. The van der Waals surface area contributed by atoms with E-state index in [1.54, 1.807) is 0 Å². The lowest BCUT2D eigenvalue weighted by Gasteiger charge is -2.27. The molecule has 290 valence electrons. The van der Waals surface area contributed by atoms with E-state index in [2.05, 4.69) is 201 Å². The molecule has 0 N–H and O–H groups in total. The maximum Gasteiger partial charge on any atom is 0.147 e. The van der Waals surface area contributed by atoms with Gasteiger partial charge in [-0.1, -0.05) is 142 Å². The van der Waals surface area contributed by atoms with Crippen molar-refractivity contribution in [3.05, 3.63) is 201 Å². The summed E-state index contributed by atoms with van der Waals surface area (Å²) >= 11 is 0. The van der Waals surface area contributed by atoms with Gasteiger partial charge in [-0.15, -0.1) is 0 Å². The van der Waals surface area contributed by atoms with Gasteiger partial charge >= 0.3 is 0 Å². The normalized spacial score (nSPS) is 12.1. The number of fused-ring (bicyclic) bond motifs is 2. The van der Waals surface area contributed by atoms with Gasteiger partial charge in [0, 0.05) is 33.5 Å². The Bertz CT molecular complexity index is 2610. The highest BCUT2D eigenvalue weighted by molar-refractivity contribution is 7.78. The molecule has 0 atom stereocenters. The highest BCUT2D eigenvalue weighted by Crippen LogP contribution is 2.54. The summed E-state index contributed by atoms with van der Waals surface area (Å²) in [6.45, 7) is 16.7. The smallest absolute Gasteiger partial charge is 0.147 e. The lowest BCUT2D eigenvalue weighted by atomic mass is 9.88. The highest BCUT2D eigenvalue weighted by Gasteiger charge is 2.34. The quantitative estimate of drug-likeness (QED) is 0.136. The van der Waals surface area contributed by atoms with Crippen LogP contribution in [0.3, 0.4) is 0 Å². The van der Waals surface area contributed by atoms with Crippen LogP contribution >= 0.6 is 14.3 Å². The summed E-state index contributed by atoms with van der Waals surface area (Å²) in [4.78, 5) is 0. The van der Waals surface area contributed by atoms with E-state index in [-0.39, 0.29) is 0 Å². The fourth-order valence-electron chi connectivity index (χ4n) is 9.27. The fourth-order valence-corrected chi connectivity index (χ4v) is 15.4. The van der Waals surface area contributed by atoms with Crippen molar-refractivity contribution in [3.8, 4) is 11.1 Å². The standard InChI is InChI=1S/C54H52O2P2/c1-35-21-36(2)26-47(25-35)57(55,48-27-37(3)22-38(4)28-48)33-45-19-17-43-13-9-11-15-51(43)53(45)54-46(20-18-44-14-10-12-16-52(44)54)34-58(56,49-29-39(5)23-40(6)30-49)50-31-41(7)24-42(8)32-50/h9-32H,33-34H2,1-8H3. The minimum atomic E-state index is -3.27. The van der Waals surface area contributed by atoms with Crippen molar-refractivity contribution < 1.29 is 9.13 Å². The average Bonchev–Trinajstić information content (AvgIpc) is 3.16. The molecule has 2 nitrogen and oxygen atoms in total. The summed E-state index contributed by atoms with van der Waals surface area (Å²) in [6.07, 6.45) is 0.681. The van der Waals surface area contributed by atoms with E-state index in [1.165, 1.54) is 0 Å². The predicted molar refractivity (Wildman–Crippen MR) is 252 cm³/mol. The maximum absolute atomic E-state index is 16.3. The first-order chi connectivity index (χ1) is 27.7. The minimum absolute atomic E-state index is 0.341. The maximum atomic E-state index is 16.3. The SMILES string of the molecule is Cc1cc(C)cc(P(=O)(Cc2ccc3ccccc3c2-c2c(CP(=O)(c3cc(C)cc(C)c3)c3cc(C)cc(C)c3)ccc3ccccc23)c2cc(C)cc(C)c2)c1. The lowest BCUT2D eigenvalue weighted by molar-refractivity contribution is 0.585. The van der Waals surface area contributed by atoms with E-state index in [1.807, 2.05) is 0 Å². The zero-order valence-corrected chi connectivity index (χ0v) is 36.8. The molecule has 58 heavy (non-hydrogen) atoms. The monoisotopic (exact) mass is 794 g/mol. The predicted octanol–water partition coefficient (Wildman–Crippen LogP) is 13.2. The van der Waals surface area contributed by atoms with Crippen molar-refractivity contribution in [2.24, 2.45) is 0 Å². The van der Waals surface area contributed by atoms with Crippen LogP contribution in [0, 0.1) is 55.4 Å². The molecular weight excluding hydrogens is 743 g/mol. The van der Waals surface area contributed by atoms with Gasteiger partial charge in [-0.2, -0.15) is 0 Å². The third-order valence-electron chi connectivity index (χ3n) is 11.6. The van der Waals surface area contributed by atoms with Crippen LogP contribution in [-0.4, -0.2) is 0 Å². The van der Waals surface area contributed by atoms with E-state index in [0.717, 1.165) is 110 Å². The summed E-state index contributed by atoms with van der Waals surface area (Å²) in [5.74, 6) is 0. The Morgan fingerprint density at radius 2 is 0.586 bits per heavy atom. The van der Waals surface area contributed by atoms with Gasteiger partial charge in [0.25, 0.3) is 0 Å². The lowest BCUT2D eigenvalue weighted by Crippen LogP contribution is -2.20. The van der Waals surface area contributed by atoms with Crippen LogP contribution in [0.5, 0.6) is 0 Å². The first kappa shape index (κ1) is 39.6.